The van der Waals surface area contributed by atoms with Gasteiger partial charge in [-0.15, -0.1) is 21.5 Å². The van der Waals surface area contributed by atoms with Crippen LogP contribution in [-0.2, 0) is 6.54 Å². The minimum Gasteiger partial charge on any atom is -0.397 e. The van der Waals surface area contributed by atoms with E-state index in [0.717, 1.165) is 22.9 Å². The van der Waals surface area contributed by atoms with E-state index in [1.165, 1.54) is 0 Å². The van der Waals surface area contributed by atoms with E-state index in [9.17, 15) is 0 Å². The van der Waals surface area contributed by atoms with E-state index in [1.54, 1.807) is 17.7 Å². The summed E-state index contributed by atoms with van der Waals surface area (Å²) in [6, 6.07) is 1.88. The number of thiophene rings is 1. The molecule has 68 valence electrons. The lowest BCUT2D eigenvalue weighted by atomic mass is 10.4. The number of nitrogen functional groups attached to an aromatic ring is 1. The van der Waals surface area contributed by atoms with Gasteiger partial charge in [-0.25, -0.2) is 0 Å². The van der Waals surface area contributed by atoms with Gasteiger partial charge in [-0.2, -0.15) is 0 Å². The van der Waals surface area contributed by atoms with Crippen LogP contribution in [0.2, 0.25) is 0 Å². The summed E-state index contributed by atoms with van der Waals surface area (Å²) in [6.07, 6.45) is 1.72. The summed E-state index contributed by atoms with van der Waals surface area (Å²) in [5.41, 5.74) is 6.56. The van der Waals surface area contributed by atoms with Gasteiger partial charge in [-0.1, -0.05) is 0 Å². The highest BCUT2D eigenvalue weighted by Crippen LogP contribution is 2.29. The maximum absolute atomic E-state index is 5.78. The molecule has 2 rings (SSSR count). The first-order valence-corrected chi connectivity index (χ1v) is 4.92. The molecule has 0 saturated carbocycles. The number of nitrogens with zero attached hydrogens (tertiary/aromatic N) is 3. The minimum atomic E-state index is 0.771. The molecule has 0 atom stereocenters. The molecule has 2 aromatic rings. The van der Waals surface area contributed by atoms with Crippen molar-refractivity contribution in [2.24, 2.45) is 0 Å². The average Bonchev–Trinajstić information content (AvgIpc) is 2.71. The second-order valence-electron chi connectivity index (χ2n) is 2.65. The zero-order chi connectivity index (χ0) is 9.26. The lowest BCUT2D eigenvalue weighted by Gasteiger charge is -2.00. The summed E-state index contributed by atoms with van der Waals surface area (Å²) in [7, 11) is 0. The van der Waals surface area contributed by atoms with Crippen LogP contribution in [0.5, 0.6) is 0 Å². The fraction of sp³-hybridized carbons (Fsp3) is 0.250. The molecule has 0 fully saturated rings. The van der Waals surface area contributed by atoms with Gasteiger partial charge in [0.15, 0.2) is 5.82 Å². The van der Waals surface area contributed by atoms with Crippen LogP contribution in [-0.4, -0.2) is 14.8 Å². The summed E-state index contributed by atoms with van der Waals surface area (Å²) < 4.78 is 1.97. The zero-order valence-corrected chi connectivity index (χ0v) is 8.08. The summed E-state index contributed by atoms with van der Waals surface area (Å²) in [4.78, 5) is 0.999. The summed E-state index contributed by atoms with van der Waals surface area (Å²) in [5, 5.41) is 9.85. The molecule has 5 heteroatoms. The molecule has 13 heavy (non-hydrogen) atoms. The van der Waals surface area contributed by atoms with Crippen LogP contribution in [0.1, 0.15) is 6.92 Å². The molecule has 2 heterocycles. The van der Waals surface area contributed by atoms with Gasteiger partial charge >= 0.3 is 0 Å². The van der Waals surface area contributed by atoms with Gasteiger partial charge in [0.2, 0.25) is 0 Å². The van der Waals surface area contributed by atoms with E-state index in [0.29, 0.717) is 0 Å². The number of aryl methyl sites for hydroxylation is 1. The Bertz CT molecular complexity index is 404. The molecule has 0 aromatic carbocycles. The SMILES string of the molecule is CCn1cnnc1-c1sccc1N. The van der Waals surface area contributed by atoms with Crippen LogP contribution in [0.4, 0.5) is 5.69 Å². The van der Waals surface area contributed by atoms with Crippen molar-refractivity contribution < 1.29 is 0 Å². The molecular formula is C8H10N4S. The third-order valence-electron chi connectivity index (χ3n) is 1.85. The van der Waals surface area contributed by atoms with Crippen molar-refractivity contribution in [1.82, 2.24) is 14.8 Å². The Morgan fingerprint density at radius 1 is 1.62 bits per heavy atom. The number of aromatic nitrogens is 3. The Hall–Kier alpha value is -1.36. The second kappa shape index (κ2) is 3.18. The summed E-state index contributed by atoms with van der Waals surface area (Å²) in [5.74, 6) is 0.856. The number of nitrogens with two attached hydrogens (primary N) is 1. The maximum atomic E-state index is 5.78. The largest absolute Gasteiger partial charge is 0.397 e. The predicted molar refractivity (Wildman–Crippen MR) is 53.4 cm³/mol. The van der Waals surface area contributed by atoms with Gasteiger partial charge in [-0.05, 0) is 18.4 Å². The van der Waals surface area contributed by atoms with Crippen molar-refractivity contribution in [2.45, 2.75) is 13.5 Å². The van der Waals surface area contributed by atoms with Gasteiger partial charge in [0.25, 0.3) is 0 Å². The highest BCUT2D eigenvalue weighted by molar-refractivity contribution is 7.14. The number of hydrogen-bond acceptors (Lipinski definition) is 4. The molecule has 2 aromatic heterocycles. The Morgan fingerprint density at radius 2 is 2.46 bits per heavy atom. The molecule has 0 bridgehead atoms. The zero-order valence-electron chi connectivity index (χ0n) is 7.27. The summed E-state index contributed by atoms with van der Waals surface area (Å²) >= 11 is 1.59. The van der Waals surface area contributed by atoms with Crippen molar-refractivity contribution in [3.63, 3.8) is 0 Å². The molecule has 0 aliphatic carbocycles. The molecule has 0 radical (unpaired) electrons. The molecule has 0 saturated heterocycles. The van der Waals surface area contributed by atoms with Crippen molar-refractivity contribution in [3.05, 3.63) is 17.8 Å². The normalized spacial score (nSPS) is 10.5. The first-order valence-electron chi connectivity index (χ1n) is 4.04. The maximum Gasteiger partial charge on any atom is 0.175 e. The first-order chi connectivity index (χ1) is 6.33. The third-order valence-corrected chi connectivity index (χ3v) is 2.78. The molecule has 0 aliphatic heterocycles. The number of rotatable bonds is 2. The third kappa shape index (κ3) is 1.31. The van der Waals surface area contributed by atoms with Crippen LogP contribution in [0.25, 0.3) is 10.7 Å². The van der Waals surface area contributed by atoms with Crippen molar-refractivity contribution in [3.8, 4) is 10.7 Å². The number of hydrogen-bond donors (Lipinski definition) is 1. The van der Waals surface area contributed by atoms with Gasteiger partial charge in [0.1, 0.15) is 6.33 Å². The van der Waals surface area contributed by atoms with Crippen LogP contribution in [0.3, 0.4) is 0 Å². The first kappa shape index (κ1) is 8.25. The van der Waals surface area contributed by atoms with Crippen LogP contribution in [0.15, 0.2) is 17.8 Å². The van der Waals surface area contributed by atoms with Crippen LogP contribution in [0, 0.1) is 0 Å². The van der Waals surface area contributed by atoms with Crippen molar-refractivity contribution in [2.75, 3.05) is 5.73 Å². The highest BCUT2D eigenvalue weighted by Gasteiger charge is 2.10. The molecule has 0 spiro atoms. The Labute approximate surface area is 80.0 Å². The monoisotopic (exact) mass is 194 g/mol. The Morgan fingerprint density at radius 3 is 3.08 bits per heavy atom. The van der Waals surface area contributed by atoms with E-state index in [1.807, 2.05) is 16.0 Å². The standard InChI is InChI=1S/C8H10N4S/c1-2-12-5-10-11-8(12)7-6(9)3-4-13-7/h3-5H,2,9H2,1H3. The lowest BCUT2D eigenvalue weighted by molar-refractivity contribution is 0.768. The Kier molecular flexibility index (Phi) is 2.02. The molecule has 0 unspecified atom stereocenters. The van der Waals surface area contributed by atoms with Crippen LogP contribution < -0.4 is 5.73 Å². The van der Waals surface area contributed by atoms with Gasteiger partial charge in [-0.3, -0.25) is 0 Å². The highest BCUT2D eigenvalue weighted by atomic mass is 32.1. The average molecular weight is 194 g/mol. The van der Waals surface area contributed by atoms with Crippen LogP contribution >= 0.6 is 11.3 Å². The Balaban J connectivity index is 2.52. The van der Waals surface area contributed by atoms with E-state index < -0.39 is 0 Å². The van der Waals surface area contributed by atoms with E-state index >= 15 is 0 Å². The fourth-order valence-electron chi connectivity index (χ4n) is 1.16. The van der Waals surface area contributed by atoms with E-state index in [2.05, 4.69) is 17.1 Å². The topological polar surface area (TPSA) is 56.7 Å². The quantitative estimate of drug-likeness (QED) is 0.790. The minimum absolute atomic E-state index is 0.771. The fourth-order valence-corrected chi connectivity index (χ4v) is 1.98. The van der Waals surface area contributed by atoms with Crippen molar-refractivity contribution in [1.29, 1.82) is 0 Å². The molecule has 0 amide bonds. The predicted octanol–water partition coefficient (Wildman–Crippen LogP) is 1.61. The van der Waals surface area contributed by atoms with E-state index in [-0.39, 0.29) is 0 Å². The lowest BCUT2D eigenvalue weighted by Crippen LogP contribution is -1.96. The summed E-state index contributed by atoms with van der Waals surface area (Å²) in [6.45, 7) is 2.91. The molecule has 0 aliphatic rings. The smallest absolute Gasteiger partial charge is 0.175 e. The van der Waals surface area contributed by atoms with E-state index in [4.69, 9.17) is 5.73 Å². The molecule has 4 nitrogen and oxygen atoms in total. The number of anilines is 1. The van der Waals surface area contributed by atoms with Crippen molar-refractivity contribution >= 4 is 17.0 Å². The van der Waals surface area contributed by atoms with Gasteiger partial charge in [0.05, 0.1) is 10.6 Å². The molecular weight excluding hydrogens is 184 g/mol. The van der Waals surface area contributed by atoms with Gasteiger partial charge < -0.3 is 10.3 Å². The second-order valence-corrected chi connectivity index (χ2v) is 3.56. The van der Waals surface area contributed by atoms with Gasteiger partial charge in [0, 0.05) is 6.54 Å². The molecule has 2 N–H and O–H groups in total.